The van der Waals surface area contributed by atoms with Gasteiger partial charge in [0.2, 0.25) is 0 Å². The lowest BCUT2D eigenvalue weighted by atomic mass is 10.3. The molecule has 1 aromatic rings. The van der Waals surface area contributed by atoms with Crippen molar-refractivity contribution in [2.45, 2.75) is 6.43 Å². The van der Waals surface area contributed by atoms with Crippen molar-refractivity contribution in [3.05, 3.63) is 18.3 Å². The van der Waals surface area contributed by atoms with Crippen LogP contribution in [-0.4, -0.2) is 36.2 Å². The van der Waals surface area contributed by atoms with Crippen molar-refractivity contribution in [2.24, 2.45) is 0 Å². The molecule has 0 amide bonds. The summed E-state index contributed by atoms with van der Waals surface area (Å²) in [4.78, 5) is 5.11. The second-order valence-corrected chi connectivity index (χ2v) is 2.97. The Morgan fingerprint density at radius 1 is 1.53 bits per heavy atom. The first-order valence-electron chi connectivity index (χ1n) is 4.49. The highest BCUT2D eigenvalue weighted by Crippen LogP contribution is 2.20. The Labute approximate surface area is 86.3 Å². The van der Waals surface area contributed by atoms with Gasteiger partial charge in [-0.2, -0.15) is 0 Å². The third-order valence-electron chi connectivity index (χ3n) is 1.89. The Kier molecular flexibility index (Phi) is 4.23. The molecule has 0 fully saturated rings. The normalized spacial score (nSPS) is 10.7. The molecule has 0 saturated heterocycles. The summed E-state index contributed by atoms with van der Waals surface area (Å²) in [5.41, 5.74) is 5.97. The Hall–Kier alpha value is -1.43. The number of aromatic nitrogens is 1. The van der Waals surface area contributed by atoms with Crippen LogP contribution in [0.5, 0.6) is 0 Å². The number of hydrogen-bond donors (Lipinski definition) is 2. The zero-order valence-electron chi connectivity index (χ0n) is 8.11. The maximum atomic E-state index is 12.2. The van der Waals surface area contributed by atoms with E-state index in [2.05, 4.69) is 4.98 Å². The molecule has 1 rings (SSSR count). The average Bonchev–Trinajstić information content (AvgIpc) is 2.17. The molecule has 0 aliphatic carbocycles. The predicted octanol–water partition coefficient (Wildman–Crippen LogP) is 0.728. The summed E-state index contributed by atoms with van der Waals surface area (Å²) in [6.07, 6.45) is -0.991. The van der Waals surface area contributed by atoms with Crippen LogP contribution in [0.4, 0.5) is 20.3 Å². The van der Waals surface area contributed by atoms with E-state index in [1.54, 1.807) is 12.1 Å². The highest BCUT2D eigenvalue weighted by molar-refractivity contribution is 5.62. The van der Waals surface area contributed by atoms with Gasteiger partial charge in [-0.3, -0.25) is 0 Å². The zero-order valence-corrected chi connectivity index (χ0v) is 8.11. The number of nitrogens with two attached hydrogens (primary N) is 1. The zero-order chi connectivity index (χ0) is 11.3. The fourth-order valence-electron chi connectivity index (χ4n) is 1.27. The van der Waals surface area contributed by atoms with Crippen molar-refractivity contribution in [2.75, 3.05) is 30.3 Å². The van der Waals surface area contributed by atoms with Crippen molar-refractivity contribution in [3.63, 3.8) is 0 Å². The molecule has 1 heterocycles. The van der Waals surface area contributed by atoms with Gasteiger partial charge in [0.25, 0.3) is 6.43 Å². The van der Waals surface area contributed by atoms with Gasteiger partial charge in [-0.1, -0.05) is 0 Å². The van der Waals surface area contributed by atoms with Gasteiger partial charge in [0, 0.05) is 12.7 Å². The van der Waals surface area contributed by atoms with Gasteiger partial charge in [0.1, 0.15) is 5.82 Å². The molecule has 0 radical (unpaired) electrons. The molecular formula is C9H13F2N3O. The van der Waals surface area contributed by atoms with Gasteiger partial charge in [-0.25, -0.2) is 13.8 Å². The molecule has 0 saturated carbocycles. The van der Waals surface area contributed by atoms with Crippen LogP contribution in [-0.2, 0) is 0 Å². The lowest BCUT2D eigenvalue weighted by Crippen LogP contribution is -2.32. The van der Waals surface area contributed by atoms with Crippen LogP contribution in [0.3, 0.4) is 0 Å². The highest BCUT2D eigenvalue weighted by atomic mass is 19.3. The standard InChI is InChI=1S/C9H13F2N3O/c10-8(11)6-14(4-5-15)7-2-1-3-13-9(7)12/h1-3,8,15H,4-6H2,(H2,12,13). The third-order valence-corrected chi connectivity index (χ3v) is 1.89. The molecule has 3 N–H and O–H groups in total. The molecule has 0 aliphatic rings. The van der Waals surface area contributed by atoms with Crippen molar-refractivity contribution < 1.29 is 13.9 Å². The molecule has 0 aromatic carbocycles. The lowest BCUT2D eigenvalue weighted by molar-refractivity contribution is 0.153. The van der Waals surface area contributed by atoms with E-state index >= 15 is 0 Å². The van der Waals surface area contributed by atoms with E-state index in [1.165, 1.54) is 11.1 Å². The van der Waals surface area contributed by atoms with E-state index < -0.39 is 13.0 Å². The van der Waals surface area contributed by atoms with Gasteiger partial charge in [0.15, 0.2) is 0 Å². The molecule has 15 heavy (non-hydrogen) atoms. The minimum absolute atomic E-state index is 0.111. The monoisotopic (exact) mass is 217 g/mol. The van der Waals surface area contributed by atoms with Crippen LogP contribution in [0.1, 0.15) is 0 Å². The van der Waals surface area contributed by atoms with E-state index in [0.717, 1.165) is 0 Å². The molecule has 0 atom stereocenters. The quantitative estimate of drug-likeness (QED) is 0.763. The van der Waals surface area contributed by atoms with Crippen LogP contribution in [0.25, 0.3) is 0 Å². The lowest BCUT2D eigenvalue weighted by Gasteiger charge is -2.24. The first-order valence-corrected chi connectivity index (χ1v) is 4.49. The maximum absolute atomic E-state index is 12.2. The second-order valence-electron chi connectivity index (χ2n) is 2.97. The number of pyridine rings is 1. The van der Waals surface area contributed by atoms with Crippen molar-refractivity contribution in [3.8, 4) is 0 Å². The molecule has 0 bridgehead atoms. The fourth-order valence-corrected chi connectivity index (χ4v) is 1.27. The van der Waals surface area contributed by atoms with E-state index in [-0.39, 0.29) is 19.0 Å². The Morgan fingerprint density at radius 2 is 2.27 bits per heavy atom. The number of rotatable bonds is 5. The van der Waals surface area contributed by atoms with Gasteiger partial charge in [-0.15, -0.1) is 0 Å². The topological polar surface area (TPSA) is 62.4 Å². The summed E-state index contributed by atoms with van der Waals surface area (Å²) in [6, 6.07) is 3.21. The maximum Gasteiger partial charge on any atom is 0.255 e. The van der Waals surface area contributed by atoms with E-state index in [1.807, 2.05) is 0 Å². The number of nitrogens with zero attached hydrogens (tertiary/aromatic N) is 2. The van der Waals surface area contributed by atoms with Crippen molar-refractivity contribution >= 4 is 11.5 Å². The van der Waals surface area contributed by atoms with Gasteiger partial charge in [0.05, 0.1) is 18.8 Å². The number of halogens is 2. The number of alkyl halides is 2. The minimum Gasteiger partial charge on any atom is -0.395 e. The van der Waals surface area contributed by atoms with E-state index in [4.69, 9.17) is 10.8 Å². The molecule has 0 unspecified atom stereocenters. The van der Waals surface area contributed by atoms with Crippen LogP contribution >= 0.6 is 0 Å². The van der Waals surface area contributed by atoms with Crippen LogP contribution in [0, 0.1) is 0 Å². The summed E-state index contributed by atoms with van der Waals surface area (Å²) in [5, 5.41) is 8.75. The molecule has 4 nitrogen and oxygen atoms in total. The Balaban J connectivity index is 2.83. The van der Waals surface area contributed by atoms with Crippen molar-refractivity contribution in [1.82, 2.24) is 4.98 Å². The number of anilines is 2. The molecule has 84 valence electrons. The Bertz CT molecular complexity index is 309. The van der Waals surface area contributed by atoms with Gasteiger partial charge >= 0.3 is 0 Å². The van der Waals surface area contributed by atoms with Crippen LogP contribution in [0.2, 0.25) is 0 Å². The summed E-state index contributed by atoms with van der Waals surface area (Å²) in [5.74, 6) is 0.187. The first-order chi connectivity index (χ1) is 7.15. The average molecular weight is 217 g/mol. The van der Waals surface area contributed by atoms with Crippen molar-refractivity contribution in [1.29, 1.82) is 0 Å². The fraction of sp³-hybridized carbons (Fsp3) is 0.444. The third kappa shape index (κ3) is 3.32. The van der Waals surface area contributed by atoms with Crippen LogP contribution in [0.15, 0.2) is 18.3 Å². The smallest absolute Gasteiger partial charge is 0.255 e. The molecular weight excluding hydrogens is 204 g/mol. The van der Waals surface area contributed by atoms with Crippen LogP contribution < -0.4 is 10.6 Å². The molecule has 6 heteroatoms. The van der Waals surface area contributed by atoms with Gasteiger partial charge in [-0.05, 0) is 12.1 Å². The molecule has 0 aliphatic heterocycles. The number of aliphatic hydroxyl groups excluding tert-OH is 1. The summed E-state index contributed by atoms with van der Waals surface area (Å²) in [7, 11) is 0. The largest absolute Gasteiger partial charge is 0.395 e. The summed E-state index contributed by atoms with van der Waals surface area (Å²) < 4.78 is 24.5. The molecule has 0 spiro atoms. The summed E-state index contributed by atoms with van der Waals surface area (Å²) >= 11 is 0. The number of hydrogen-bond acceptors (Lipinski definition) is 4. The first kappa shape index (κ1) is 11.6. The predicted molar refractivity (Wildman–Crippen MR) is 54.0 cm³/mol. The number of nitrogen functional groups attached to an aromatic ring is 1. The second kappa shape index (κ2) is 5.45. The van der Waals surface area contributed by atoms with Gasteiger partial charge < -0.3 is 15.7 Å². The summed E-state index contributed by atoms with van der Waals surface area (Å²) in [6.45, 7) is -0.558. The Morgan fingerprint density at radius 3 is 2.80 bits per heavy atom. The highest BCUT2D eigenvalue weighted by Gasteiger charge is 2.14. The van der Waals surface area contributed by atoms with E-state index in [0.29, 0.717) is 5.69 Å². The van der Waals surface area contributed by atoms with E-state index in [9.17, 15) is 8.78 Å². The molecule has 1 aromatic heterocycles. The SMILES string of the molecule is Nc1ncccc1N(CCO)CC(F)F. The number of aliphatic hydroxyl groups is 1. The minimum atomic E-state index is -2.48.